The van der Waals surface area contributed by atoms with Crippen LogP contribution in [0.1, 0.15) is 41.5 Å². The lowest BCUT2D eigenvalue weighted by Crippen LogP contribution is -2.48. The maximum atomic E-state index is 12.0. The number of urea groups is 1. The van der Waals surface area contributed by atoms with Gasteiger partial charge >= 0.3 is 6.03 Å². The Morgan fingerprint density at radius 3 is 2.18 bits per heavy atom. The van der Waals surface area contributed by atoms with Crippen molar-refractivity contribution in [3.05, 3.63) is 0 Å². The molecule has 0 saturated carbocycles. The molecule has 100 valence electrons. The Morgan fingerprint density at radius 1 is 1.29 bits per heavy atom. The van der Waals surface area contributed by atoms with Crippen LogP contribution in [0.3, 0.4) is 0 Å². The molecule has 4 heteroatoms. The molecule has 2 N–H and O–H groups in total. The van der Waals surface area contributed by atoms with Gasteiger partial charge in [-0.05, 0) is 25.7 Å². The number of hydrogen-bond donors (Lipinski definition) is 2. The predicted molar refractivity (Wildman–Crippen MR) is 68.8 cm³/mol. The predicted octanol–water partition coefficient (Wildman–Crippen LogP) is 1.83. The SMILES string of the molecule is CC(C)C1NC(=O)N(CC(C)(C)O)C1C(C)C. The van der Waals surface area contributed by atoms with E-state index in [-0.39, 0.29) is 18.1 Å². The summed E-state index contributed by atoms with van der Waals surface area (Å²) in [6.45, 7) is 12.3. The summed E-state index contributed by atoms with van der Waals surface area (Å²) in [5, 5.41) is 12.9. The number of nitrogens with zero attached hydrogens (tertiary/aromatic N) is 1. The molecule has 17 heavy (non-hydrogen) atoms. The molecule has 0 aromatic carbocycles. The van der Waals surface area contributed by atoms with Gasteiger partial charge in [-0.2, -0.15) is 0 Å². The second-order valence-corrected chi connectivity index (χ2v) is 6.39. The molecule has 0 aromatic heterocycles. The van der Waals surface area contributed by atoms with Gasteiger partial charge in [0.2, 0.25) is 0 Å². The molecule has 0 bridgehead atoms. The van der Waals surface area contributed by atoms with E-state index in [1.165, 1.54) is 0 Å². The molecule has 0 aromatic rings. The first kappa shape index (κ1) is 14.3. The number of nitrogens with one attached hydrogen (secondary N) is 1. The molecule has 1 aliphatic rings. The van der Waals surface area contributed by atoms with Gasteiger partial charge in [-0.25, -0.2) is 4.79 Å². The van der Waals surface area contributed by atoms with Gasteiger partial charge in [0.1, 0.15) is 0 Å². The first-order valence-corrected chi connectivity index (χ1v) is 6.43. The molecule has 1 rings (SSSR count). The van der Waals surface area contributed by atoms with Crippen LogP contribution in [0.4, 0.5) is 4.79 Å². The number of β-amino-alcohol motifs (C(OH)–C–C–N with tert-alkyl or cyclic N) is 1. The maximum Gasteiger partial charge on any atom is 0.318 e. The second kappa shape index (κ2) is 4.84. The summed E-state index contributed by atoms with van der Waals surface area (Å²) in [6.07, 6.45) is 0. The van der Waals surface area contributed by atoms with E-state index >= 15 is 0 Å². The minimum Gasteiger partial charge on any atom is -0.389 e. The Balaban J connectivity index is 2.91. The minimum atomic E-state index is -0.851. The van der Waals surface area contributed by atoms with Crippen LogP contribution in [0.15, 0.2) is 0 Å². The number of hydrogen-bond acceptors (Lipinski definition) is 2. The minimum absolute atomic E-state index is 0.0514. The molecule has 4 nitrogen and oxygen atoms in total. The molecule has 1 aliphatic heterocycles. The van der Waals surface area contributed by atoms with E-state index < -0.39 is 5.60 Å². The summed E-state index contributed by atoms with van der Waals surface area (Å²) >= 11 is 0. The summed E-state index contributed by atoms with van der Waals surface area (Å²) in [5.41, 5.74) is -0.851. The van der Waals surface area contributed by atoms with Crippen molar-refractivity contribution in [2.24, 2.45) is 11.8 Å². The largest absolute Gasteiger partial charge is 0.389 e. The van der Waals surface area contributed by atoms with Crippen molar-refractivity contribution < 1.29 is 9.90 Å². The van der Waals surface area contributed by atoms with Crippen LogP contribution in [-0.2, 0) is 0 Å². The Morgan fingerprint density at radius 2 is 1.82 bits per heavy atom. The van der Waals surface area contributed by atoms with Crippen LogP contribution >= 0.6 is 0 Å². The molecule has 1 fully saturated rings. The lowest BCUT2D eigenvalue weighted by molar-refractivity contribution is 0.0340. The topological polar surface area (TPSA) is 52.6 Å². The lowest BCUT2D eigenvalue weighted by atomic mass is 9.89. The highest BCUT2D eigenvalue weighted by Crippen LogP contribution is 2.27. The standard InChI is InChI=1S/C13H26N2O2/c1-8(2)10-11(9(3)4)15(12(16)14-10)7-13(5,6)17/h8-11,17H,7H2,1-6H3,(H,14,16). The van der Waals surface area contributed by atoms with Crippen molar-refractivity contribution in [2.45, 2.75) is 59.2 Å². The van der Waals surface area contributed by atoms with E-state index in [4.69, 9.17) is 0 Å². The first-order valence-electron chi connectivity index (χ1n) is 6.43. The number of aliphatic hydroxyl groups is 1. The quantitative estimate of drug-likeness (QED) is 0.790. The van der Waals surface area contributed by atoms with Crippen LogP contribution in [-0.4, -0.2) is 40.3 Å². The third-order valence-electron chi connectivity index (χ3n) is 3.24. The highest BCUT2D eigenvalue weighted by Gasteiger charge is 2.43. The fourth-order valence-electron chi connectivity index (χ4n) is 2.57. The highest BCUT2D eigenvalue weighted by atomic mass is 16.3. The average Bonchev–Trinajstić information content (AvgIpc) is 2.41. The molecule has 2 unspecified atom stereocenters. The van der Waals surface area contributed by atoms with Gasteiger partial charge in [-0.15, -0.1) is 0 Å². The zero-order valence-electron chi connectivity index (χ0n) is 11.8. The highest BCUT2D eigenvalue weighted by molar-refractivity contribution is 5.78. The summed E-state index contributed by atoms with van der Waals surface area (Å²) in [6, 6.07) is 0.281. The van der Waals surface area contributed by atoms with E-state index in [1.807, 2.05) is 0 Å². The van der Waals surface area contributed by atoms with Gasteiger partial charge in [-0.1, -0.05) is 27.7 Å². The molecule has 2 atom stereocenters. The third-order valence-corrected chi connectivity index (χ3v) is 3.24. The summed E-state index contributed by atoms with van der Waals surface area (Å²) in [5.74, 6) is 0.779. The molecule has 1 saturated heterocycles. The Kier molecular flexibility index (Phi) is 4.07. The molecule has 0 radical (unpaired) electrons. The number of amides is 2. The van der Waals surface area contributed by atoms with E-state index in [1.54, 1.807) is 18.7 Å². The van der Waals surface area contributed by atoms with E-state index in [0.29, 0.717) is 18.4 Å². The van der Waals surface area contributed by atoms with Crippen LogP contribution < -0.4 is 5.32 Å². The average molecular weight is 242 g/mol. The monoisotopic (exact) mass is 242 g/mol. The van der Waals surface area contributed by atoms with Crippen molar-refractivity contribution in [3.8, 4) is 0 Å². The normalized spacial score (nSPS) is 25.9. The zero-order chi connectivity index (χ0) is 13.4. The van der Waals surface area contributed by atoms with Crippen LogP contribution in [0.25, 0.3) is 0 Å². The van der Waals surface area contributed by atoms with Gasteiger partial charge in [-0.3, -0.25) is 0 Å². The van der Waals surface area contributed by atoms with E-state index in [9.17, 15) is 9.90 Å². The Labute approximate surface area is 104 Å². The maximum absolute atomic E-state index is 12.0. The van der Waals surface area contributed by atoms with Crippen molar-refractivity contribution in [1.82, 2.24) is 10.2 Å². The zero-order valence-corrected chi connectivity index (χ0v) is 11.8. The van der Waals surface area contributed by atoms with Gasteiger partial charge in [0.15, 0.2) is 0 Å². The smallest absolute Gasteiger partial charge is 0.318 e. The fraction of sp³-hybridized carbons (Fsp3) is 0.923. The lowest BCUT2D eigenvalue weighted by Gasteiger charge is -2.34. The molecule has 2 amide bonds. The number of rotatable bonds is 4. The van der Waals surface area contributed by atoms with Crippen molar-refractivity contribution in [2.75, 3.05) is 6.54 Å². The first-order chi connectivity index (χ1) is 7.63. The molecule has 0 aliphatic carbocycles. The molecule has 0 spiro atoms. The van der Waals surface area contributed by atoms with Crippen molar-refractivity contribution >= 4 is 6.03 Å². The van der Waals surface area contributed by atoms with Gasteiger partial charge in [0, 0.05) is 0 Å². The summed E-state index contributed by atoms with van der Waals surface area (Å²) < 4.78 is 0. The van der Waals surface area contributed by atoms with Gasteiger partial charge in [0.25, 0.3) is 0 Å². The van der Waals surface area contributed by atoms with E-state index in [2.05, 4.69) is 33.0 Å². The summed E-state index contributed by atoms with van der Waals surface area (Å²) in [7, 11) is 0. The van der Waals surface area contributed by atoms with Gasteiger partial charge in [0.05, 0.1) is 24.2 Å². The summed E-state index contributed by atoms with van der Waals surface area (Å²) in [4.78, 5) is 13.8. The van der Waals surface area contributed by atoms with Crippen LogP contribution in [0.5, 0.6) is 0 Å². The van der Waals surface area contributed by atoms with Crippen LogP contribution in [0, 0.1) is 11.8 Å². The van der Waals surface area contributed by atoms with Crippen molar-refractivity contribution in [1.29, 1.82) is 0 Å². The molecular weight excluding hydrogens is 216 g/mol. The van der Waals surface area contributed by atoms with Gasteiger partial charge < -0.3 is 15.3 Å². The fourth-order valence-corrected chi connectivity index (χ4v) is 2.57. The third kappa shape index (κ3) is 3.35. The Bertz CT molecular complexity index is 282. The number of carbonyl (C=O) groups excluding carboxylic acids is 1. The van der Waals surface area contributed by atoms with E-state index in [0.717, 1.165) is 0 Å². The molecular formula is C13H26N2O2. The van der Waals surface area contributed by atoms with Crippen LogP contribution in [0.2, 0.25) is 0 Å². The number of carbonyl (C=O) groups is 1. The van der Waals surface area contributed by atoms with Crippen molar-refractivity contribution in [3.63, 3.8) is 0 Å². The second-order valence-electron chi connectivity index (χ2n) is 6.39. The Hall–Kier alpha value is -0.770. The molecule has 1 heterocycles.